The van der Waals surface area contributed by atoms with Gasteiger partial charge in [-0.3, -0.25) is 4.79 Å². The Kier molecular flexibility index (Phi) is 3.65. The van der Waals surface area contributed by atoms with Crippen LogP contribution in [0.25, 0.3) is 0 Å². The normalized spacial score (nSPS) is 22.8. The molecule has 0 atom stereocenters. The molecule has 5 nitrogen and oxygen atoms in total. The molecule has 0 aromatic rings. The zero-order valence-corrected chi connectivity index (χ0v) is 10.0. The lowest BCUT2D eigenvalue weighted by atomic mass is 9.89. The average molecular weight is 237 g/mol. The average Bonchev–Trinajstić information content (AvgIpc) is 3.15. The molecule has 94 valence electrons. The van der Waals surface area contributed by atoms with E-state index in [1.165, 1.54) is 0 Å². The van der Waals surface area contributed by atoms with E-state index in [1.54, 1.807) is 0 Å². The van der Waals surface area contributed by atoms with Gasteiger partial charge in [0.2, 0.25) is 5.91 Å². The maximum Gasteiger partial charge on any atom is 0.243 e. The van der Waals surface area contributed by atoms with Gasteiger partial charge in [0.25, 0.3) is 0 Å². The number of nitriles is 1. The lowest BCUT2D eigenvalue weighted by Crippen LogP contribution is -2.58. The summed E-state index contributed by atoms with van der Waals surface area (Å²) >= 11 is 0. The standard InChI is InChI=1S/C12H19N3O2/c13-6-1-7-15(10-2-3-10)11(16)12(14)4-8-17-9-5-12/h10H,1-5,7-9,14H2. The second-order valence-electron chi connectivity index (χ2n) is 4.91. The predicted molar refractivity (Wildman–Crippen MR) is 61.9 cm³/mol. The Balaban J connectivity index is 2.01. The van der Waals surface area contributed by atoms with Gasteiger partial charge in [0.1, 0.15) is 0 Å². The molecule has 1 aliphatic heterocycles. The molecular formula is C12H19N3O2. The Bertz CT molecular complexity index is 327. The third kappa shape index (κ3) is 2.76. The van der Waals surface area contributed by atoms with Gasteiger partial charge in [0.15, 0.2) is 0 Å². The van der Waals surface area contributed by atoms with Crippen LogP contribution in [0.3, 0.4) is 0 Å². The van der Waals surface area contributed by atoms with Crippen LogP contribution < -0.4 is 5.73 Å². The Morgan fingerprint density at radius 3 is 2.65 bits per heavy atom. The van der Waals surface area contributed by atoms with Gasteiger partial charge >= 0.3 is 0 Å². The smallest absolute Gasteiger partial charge is 0.243 e. The molecule has 2 aliphatic rings. The molecule has 2 fully saturated rings. The maximum atomic E-state index is 12.4. The summed E-state index contributed by atoms with van der Waals surface area (Å²) in [4.78, 5) is 14.3. The molecule has 0 bridgehead atoms. The zero-order chi connectivity index (χ0) is 12.3. The second-order valence-corrected chi connectivity index (χ2v) is 4.91. The molecule has 0 unspecified atom stereocenters. The van der Waals surface area contributed by atoms with Gasteiger partial charge in [0.05, 0.1) is 18.0 Å². The molecule has 0 aromatic heterocycles. The number of carbonyl (C=O) groups excluding carboxylic acids is 1. The molecular weight excluding hydrogens is 218 g/mol. The topological polar surface area (TPSA) is 79.4 Å². The van der Waals surface area contributed by atoms with Crippen molar-refractivity contribution in [3.8, 4) is 6.07 Å². The first kappa shape index (κ1) is 12.3. The Labute approximate surface area is 102 Å². The zero-order valence-electron chi connectivity index (χ0n) is 10.0. The highest BCUT2D eigenvalue weighted by Crippen LogP contribution is 2.31. The number of rotatable bonds is 4. The SMILES string of the molecule is N#CCCN(C(=O)C1(N)CCOCC1)C1CC1. The van der Waals surface area contributed by atoms with Crippen LogP contribution in [0.15, 0.2) is 0 Å². The fourth-order valence-corrected chi connectivity index (χ4v) is 2.24. The van der Waals surface area contributed by atoms with E-state index in [0.717, 1.165) is 12.8 Å². The molecule has 1 heterocycles. The summed E-state index contributed by atoms with van der Waals surface area (Å²) in [5.74, 6) is 0.0125. The molecule has 2 rings (SSSR count). The Morgan fingerprint density at radius 1 is 1.47 bits per heavy atom. The van der Waals surface area contributed by atoms with Crippen LogP contribution in [-0.4, -0.2) is 42.1 Å². The van der Waals surface area contributed by atoms with E-state index in [9.17, 15) is 4.79 Å². The third-order valence-electron chi connectivity index (χ3n) is 3.52. The van der Waals surface area contributed by atoms with Crippen molar-refractivity contribution in [2.24, 2.45) is 5.73 Å². The van der Waals surface area contributed by atoms with Gasteiger partial charge in [-0.25, -0.2) is 0 Å². The van der Waals surface area contributed by atoms with Gasteiger partial charge in [0, 0.05) is 25.8 Å². The summed E-state index contributed by atoms with van der Waals surface area (Å²) in [6.07, 6.45) is 3.64. The molecule has 17 heavy (non-hydrogen) atoms. The first-order valence-corrected chi connectivity index (χ1v) is 6.22. The minimum Gasteiger partial charge on any atom is -0.381 e. The highest BCUT2D eigenvalue weighted by atomic mass is 16.5. The fourth-order valence-electron chi connectivity index (χ4n) is 2.24. The first-order chi connectivity index (χ1) is 8.17. The molecule has 1 saturated carbocycles. The Morgan fingerprint density at radius 2 is 2.12 bits per heavy atom. The molecule has 0 radical (unpaired) electrons. The minimum absolute atomic E-state index is 0.0125. The largest absolute Gasteiger partial charge is 0.381 e. The van der Waals surface area contributed by atoms with Crippen molar-refractivity contribution in [3.05, 3.63) is 0 Å². The molecule has 0 aromatic carbocycles. The molecule has 0 spiro atoms. The number of nitrogens with zero attached hydrogens (tertiary/aromatic N) is 2. The van der Waals surface area contributed by atoms with Crippen molar-refractivity contribution in [2.45, 2.75) is 43.7 Å². The van der Waals surface area contributed by atoms with Gasteiger partial charge in [-0.2, -0.15) is 5.26 Å². The fraction of sp³-hybridized carbons (Fsp3) is 0.833. The van der Waals surface area contributed by atoms with Crippen molar-refractivity contribution in [3.63, 3.8) is 0 Å². The summed E-state index contributed by atoms with van der Waals surface area (Å²) in [5, 5.41) is 8.63. The predicted octanol–water partition coefficient (Wildman–Crippen LogP) is 0.399. The Hall–Kier alpha value is -1.12. The number of carbonyl (C=O) groups is 1. The molecule has 1 aliphatic carbocycles. The van der Waals surface area contributed by atoms with Gasteiger partial charge in [-0.05, 0) is 25.7 Å². The van der Waals surface area contributed by atoms with E-state index in [4.69, 9.17) is 15.7 Å². The van der Waals surface area contributed by atoms with E-state index < -0.39 is 5.54 Å². The van der Waals surface area contributed by atoms with Crippen LogP contribution in [0, 0.1) is 11.3 Å². The third-order valence-corrected chi connectivity index (χ3v) is 3.52. The minimum atomic E-state index is -0.768. The van der Waals surface area contributed by atoms with Crippen molar-refractivity contribution in [1.29, 1.82) is 5.26 Å². The molecule has 1 saturated heterocycles. The summed E-state index contributed by atoms with van der Waals surface area (Å²) in [5.41, 5.74) is 5.42. The summed E-state index contributed by atoms with van der Waals surface area (Å²) in [6.45, 7) is 1.62. The van der Waals surface area contributed by atoms with Crippen LogP contribution in [0.4, 0.5) is 0 Å². The van der Waals surface area contributed by atoms with Crippen molar-refractivity contribution in [2.75, 3.05) is 19.8 Å². The van der Waals surface area contributed by atoms with Crippen LogP contribution in [0.5, 0.6) is 0 Å². The number of amides is 1. The maximum absolute atomic E-state index is 12.4. The van der Waals surface area contributed by atoms with Gasteiger partial charge < -0.3 is 15.4 Å². The van der Waals surface area contributed by atoms with Gasteiger partial charge in [-0.15, -0.1) is 0 Å². The lowest BCUT2D eigenvalue weighted by molar-refractivity contribution is -0.141. The quantitative estimate of drug-likeness (QED) is 0.767. The number of ether oxygens (including phenoxy) is 1. The molecule has 5 heteroatoms. The van der Waals surface area contributed by atoms with E-state index in [0.29, 0.717) is 45.1 Å². The highest BCUT2D eigenvalue weighted by Gasteiger charge is 2.43. The van der Waals surface area contributed by atoms with Crippen molar-refractivity contribution >= 4 is 5.91 Å². The lowest BCUT2D eigenvalue weighted by Gasteiger charge is -2.36. The van der Waals surface area contributed by atoms with Crippen LogP contribution in [0.1, 0.15) is 32.1 Å². The summed E-state index contributed by atoms with van der Waals surface area (Å²) in [6, 6.07) is 2.41. The molecule has 2 N–H and O–H groups in total. The highest BCUT2D eigenvalue weighted by molar-refractivity contribution is 5.86. The van der Waals surface area contributed by atoms with E-state index in [-0.39, 0.29) is 5.91 Å². The van der Waals surface area contributed by atoms with Crippen molar-refractivity contribution < 1.29 is 9.53 Å². The van der Waals surface area contributed by atoms with E-state index in [2.05, 4.69) is 6.07 Å². The van der Waals surface area contributed by atoms with Crippen LogP contribution in [-0.2, 0) is 9.53 Å². The van der Waals surface area contributed by atoms with Crippen LogP contribution in [0.2, 0.25) is 0 Å². The second kappa shape index (κ2) is 5.03. The van der Waals surface area contributed by atoms with E-state index >= 15 is 0 Å². The van der Waals surface area contributed by atoms with Crippen molar-refractivity contribution in [1.82, 2.24) is 4.90 Å². The summed E-state index contributed by atoms with van der Waals surface area (Å²) in [7, 11) is 0. The van der Waals surface area contributed by atoms with Crippen LogP contribution >= 0.6 is 0 Å². The number of hydrogen-bond donors (Lipinski definition) is 1. The first-order valence-electron chi connectivity index (χ1n) is 6.22. The number of hydrogen-bond acceptors (Lipinski definition) is 4. The van der Waals surface area contributed by atoms with E-state index in [1.807, 2.05) is 4.90 Å². The monoisotopic (exact) mass is 237 g/mol. The molecule has 1 amide bonds. The van der Waals surface area contributed by atoms with Gasteiger partial charge in [-0.1, -0.05) is 0 Å². The number of nitrogens with two attached hydrogens (primary N) is 1. The summed E-state index contributed by atoms with van der Waals surface area (Å²) < 4.78 is 5.25.